The zero-order chi connectivity index (χ0) is 17.9. The number of carbonyl (C=O) groups is 1. The number of hydrogen-bond acceptors (Lipinski definition) is 6. The molecule has 8 nitrogen and oxygen atoms in total. The van der Waals surface area contributed by atoms with Crippen LogP contribution in [0.1, 0.15) is 5.56 Å². The molecule has 1 aromatic heterocycles. The SMILES string of the molecule is Cc1ccc(NC(=O)CN(C)S(=O)(=O)c2cccs2)cc1[N+](=O)[O-]. The molecule has 0 aliphatic rings. The second-order valence-electron chi connectivity index (χ2n) is 5.00. The smallest absolute Gasteiger partial charge is 0.274 e. The summed E-state index contributed by atoms with van der Waals surface area (Å²) in [6, 6.07) is 7.34. The summed E-state index contributed by atoms with van der Waals surface area (Å²) < 4.78 is 25.5. The maximum absolute atomic E-state index is 12.2. The lowest BCUT2D eigenvalue weighted by molar-refractivity contribution is -0.385. The number of benzene rings is 1. The van der Waals surface area contributed by atoms with E-state index in [1.807, 2.05) is 0 Å². The topological polar surface area (TPSA) is 110 Å². The van der Waals surface area contributed by atoms with Gasteiger partial charge in [-0.3, -0.25) is 14.9 Å². The summed E-state index contributed by atoms with van der Waals surface area (Å²) in [7, 11) is -2.43. The maximum Gasteiger partial charge on any atom is 0.274 e. The average Bonchev–Trinajstić information content (AvgIpc) is 3.03. The molecule has 0 aliphatic heterocycles. The first-order valence-electron chi connectivity index (χ1n) is 6.76. The summed E-state index contributed by atoms with van der Waals surface area (Å²) in [6.07, 6.45) is 0. The van der Waals surface area contributed by atoms with Crippen molar-refractivity contribution >= 4 is 38.6 Å². The molecule has 2 rings (SSSR count). The first kappa shape index (κ1) is 18.0. The summed E-state index contributed by atoms with van der Waals surface area (Å²) in [5, 5.41) is 15.0. The third-order valence-corrected chi connectivity index (χ3v) is 6.39. The Morgan fingerprint density at radius 3 is 2.67 bits per heavy atom. The molecule has 10 heteroatoms. The molecule has 0 unspecified atom stereocenters. The Bertz CT molecular complexity index is 863. The molecule has 0 atom stereocenters. The second-order valence-corrected chi connectivity index (χ2v) is 8.22. The number of rotatable bonds is 6. The number of nitro benzene ring substituents is 1. The molecule has 128 valence electrons. The van der Waals surface area contributed by atoms with Gasteiger partial charge in [0.05, 0.1) is 11.5 Å². The minimum Gasteiger partial charge on any atom is -0.325 e. The molecule has 1 heterocycles. The normalized spacial score (nSPS) is 11.5. The van der Waals surface area contributed by atoms with Crippen molar-refractivity contribution in [2.75, 3.05) is 18.9 Å². The van der Waals surface area contributed by atoms with Crippen LogP contribution in [0.25, 0.3) is 0 Å². The van der Waals surface area contributed by atoms with Crippen molar-refractivity contribution in [1.29, 1.82) is 0 Å². The van der Waals surface area contributed by atoms with E-state index < -0.39 is 27.4 Å². The highest BCUT2D eigenvalue weighted by atomic mass is 32.2. The van der Waals surface area contributed by atoms with E-state index in [1.165, 1.54) is 31.3 Å². The minimum absolute atomic E-state index is 0.118. The Morgan fingerprint density at radius 1 is 1.38 bits per heavy atom. The summed E-state index contributed by atoms with van der Waals surface area (Å²) in [6.45, 7) is 1.19. The van der Waals surface area contributed by atoms with Crippen LogP contribution in [0.5, 0.6) is 0 Å². The number of thiophene rings is 1. The zero-order valence-electron chi connectivity index (χ0n) is 12.9. The van der Waals surface area contributed by atoms with Crippen LogP contribution in [0, 0.1) is 17.0 Å². The lowest BCUT2D eigenvalue weighted by Gasteiger charge is -2.15. The third kappa shape index (κ3) is 3.96. The highest BCUT2D eigenvalue weighted by molar-refractivity contribution is 7.91. The molecule has 0 fully saturated rings. The molecule has 1 aromatic carbocycles. The quantitative estimate of drug-likeness (QED) is 0.620. The largest absolute Gasteiger partial charge is 0.325 e. The van der Waals surface area contributed by atoms with Gasteiger partial charge >= 0.3 is 0 Å². The monoisotopic (exact) mass is 369 g/mol. The molecule has 0 aliphatic carbocycles. The molecule has 24 heavy (non-hydrogen) atoms. The van der Waals surface area contributed by atoms with E-state index in [2.05, 4.69) is 5.32 Å². The number of anilines is 1. The lowest BCUT2D eigenvalue weighted by atomic mass is 10.2. The van der Waals surface area contributed by atoms with Crippen LogP contribution in [0.2, 0.25) is 0 Å². The standard InChI is InChI=1S/C14H15N3O5S2/c1-10-5-6-11(8-12(10)17(19)20)15-13(18)9-16(2)24(21,22)14-4-3-7-23-14/h3-8H,9H2,1-2H3,(H,15,18). The van der Waals surface area contributed by atoms with Gasteiger partial charge in [0.25, 0.3) is 15.7 Å². The molecule has 0 radical (unpaired) electrons. The Balaban J connectivity index is 2.08. The average molecular weight is 369 g/mol. The Hall–Kier alpha value is -2.30. The number of sulfonamides is 1. The van der Waals surface area contributed by atoms with Crippen LogP contribution in [0.3, 0.4) is 0 Å². The molecule has 2 aromatic rings. The molecule has 0 spiro atoms. The van der Waals surface area contributed by atoms with Crippen molar-refractivity contribution in [3.05, 3.63) is 51.4 Å². The van der Waals surface area contributed by atoms with Gasteiger partial charge in [0, 0.05) is 24.4 Å². The predicted molar refractivity (Wildman–Crippen MR) is 90.6 cm³/mol. The highest BCUT2D eigenvalue weighted by Crippen LogP contribution is 2.23. The number of nitro groups is 1. The number of amides is 1. The van der Waals surface area contributed by atoms with E-state index in [-0.39, 0.29) is 15.6 Å². The van der Waals surface area contributed by atoms with Crippen molar-refractivity contribution in [2.24, 2.45) is 0 Å². The number of nitrogens with zero attached hydrogens (tertiary/aromatic N) is 2. The lowest BCUT2D eigenvalue weighted by Crippen LogP contribution is -2.34. The fourth-order valence-corrected chi connectivity index (χ4v) is 4.26. The van der Waals surface area contributed by atoms with Crippen molar-refractivity contribution in [3.63, 3.8) is 0 Å². The van der Waals surface area contributed by atoms with Crippen molar-refractivity contribution in [1.82, 2.24) is 4.31 Å². The van der Waals surface area contributed by atoms with E-state index >= 15 is 0 Å². The van der Waals surface area contributed by atoms with Gasteiger partial charge in [-0.05, 0) is 24.4 Å². The van der Waals surface area contributed by atoms with E-state index in [9.17, 15) is 23.3 Å². The minimum atomic E-state index is -3.73. The molecule has 1 N–H and O–H groups in total. The fourth-order valence-electron chi connectivity index (χ4n) is 1.94. The van der Waals surface area contributed by atoms with Gasteiger partial charge in [-0.2, -0.15) is 4.31 Å². The fraction of sp³-hybridized carbons (Fsp3) is 0.214. The molecule has 0 saturated carbocycles. The number of hydrogen-bond donors (Lipinski definition) is 1. The van der Waals surface area contributed by atoms with Gasteiger partial charge in [-0.25, -0.2) is 8.42 Å². The van der Waals surface area contributed by atoms with Crippen molar-refractivity contribution in [3.8, 4) is 0 Å². The van der Waals surface area contributed by atoms with Crippen LogP contribution in [-0.4, -0.2) is 37.1 Å². The summed E-state index contributed by atoms with van der Waals surface area (Å²) >= 11 is 1.06. The van der Waals surface area contributed by atoms with Crippen LogP contribution in [-0.2, 0) is 14.8 Å². The predicted octanol–water partition coefficient (Wildman–Crippen LogP) is 2.22. The maximum atomic E-state index is 12.2. The Kier molecular flexibility index (Phi) is 5.32. The molecule has 1 amide bonds. The van der Waals surface area contributed by atoms with E-state index in [1.54, 1.807) is 18.4 Å². The van der Waals surface area contributed by atoms with Crippen LogP contribution in [0.15, 0.2) is 39.9 Å². The van der Waals surface area contributed by atoms with Gasteiger partial charge in [-0.1, -0.05) is 12.1 Å². The van der Waals surface area contributed by atoms with Crippen LogP contribution < -0.4 is 5.32 Å². The summed E-state index contributed by atoms with van der Waals surface area (Å²) in [4.78, 5) is 22.4. The van der Waals surface area contributed by atoms with Gasteiger partial charge in [0.2, 0.25) is 5.91 Å². The molecule has 0 saturated heterocycles. The first-order chi connectivity index (χ1) is 11.2. The number of carbonyl (C=O) groups excluding carboxylic acids is 1. The second kappa shape index (κ2) is 7.07. The van der Waals surface area contributed by atoms with Gasteiger partial charge in [0.15, 0.2) is 0 Å². The first-order valence-corrected chi connectivity index (χ1v) is 9.08. The van der Waals surface area contributed by atoms with E-state index in [0.717, 1.165) is 15.6 Å². The highest BCUT2D eigenvalue weighted by Gasteiger charge is 2.24. The van der Waals surface area contributed by atoms with Crippen molar-refractivity contribution < 1.29 is 18.1 Å². The van der Waals surface area contributed by atoms with Gasteiger partial charge in [0.1, 0.15) is 4.21 Å². The van der Waals surface area contributed by atoms with Crippen LogP contribution in [0.4, 0.5) is 11.4 Å². The van der Waals surface area contributed by atoms with E-state index in [0.29, 0.717) is 5.56 Å². The number of nitrogens with one attached hydrogen (secondary N) is 1. The molecule has 0 bridgehead atoms. The number of likely N-dealkylation sites (N-methyl/N-ethyl adjacent to an activating group) is 1. The summed E-state index contributed by atoms with van der Waals surface area (Å²) in [5.74, 6) is -0.587. The molecular formula is C14H15N3O5S2. The zero-order valence-corrected chi connectivity index (χ0v) is 14.6. The molecular weight excluding hydrogens is 354 g/mol. The van der Waals surface area contributed by atoms with Gasteiger partial charge in [-0.15, -0.1) is 11.3 Å². The van der Waals surface area contributed by atoms with Gasteiger partial charge < -0.3 is 5.32 Å². The van der Waals surface area contributed by atoms with Crippen molar-refractivity contribution in [2.45, 2.75) is 11.1 Å². The van der Waals surface area contributed by atoms with Crippen LogP contribution >= 0.6 is 11.3 Å². The Morgan fingerprint density at radius 2 is 2.08 bits per heavy atom. The number of aryl methyl sites for hydroxylation is 1. The third-order valence-electron chi connectivity index (χ3n) is 3.22. The summed E-state index contributed by atoms with van der Waals surface area (Å²) in [5.41, 5.74) is 0.585. The van der Waals surface area contributed by atoms with E-state index in [4.69, 9.17) is 0 Å². The Labute approximate surface area is 142 Å².